The summed E-state index contributed by atoms with van der Waals surface area (Å²) >= 11 is 0. The van der Waals surface area contributed by atoms with E-state index in [2.05, 4.69) is 34.7 Å². The summed E-state index contributed by atoms with van der Waals surface area (Å²) in [5.74, 6) is -7.34. The maximum atomic E-state index is 15.2. The van der Waals surface area contributed by atoms with Crippen LogP contribution in [0.3, 0.4) is 0 Å². The molecular formula is C33H44F2N6O3. The van der Waals surface area contributed by atoms with Gasteiger partial charge in [0.25, 0.3) is 5.91 Å². The average molecular weight is 611 g/mol. The van der Waals surface area contributed by atoms with Crippen LogP contribution in [0, 0.1) is 17.8 Å². The van der Waals surface area contributed by atoms with Crippen LogP contribution >= 0.6 is 0 Å². The van der Waals surface area contributed by atoms with Crippen molar-refractivity contribution in [3.63, 3.8) is 0 Å². The van der Waals surface area contributed by atoms with Gasteiger partial charge < -0.3 is 10.6 Å². The summed E-state index contributed by atoms with van der Waals surface area (Å²) in [4.78, 5) is 43.8. The highest BCUT2D eigenvalue weighted by Crippen LogP contribution is 2.30. The van der Waals surface area contributed by atoms with E-state index in [9.17, 15) is 14.4 Å². The summed E-state index contributed by atoms with van der Waals surface area (Å²) in [6.45, 7) is 8.00. The van der Waals surface area contributed by atoms with Gasteiger partial charge in [0.1, 0.15) is 5.82 Å². The van der Waals surface area contributed by atoms with Crippen molar-refractivity contribution in [2.45, 2.75) is 97.4 Å². The van der Waals surface area contributed by atoms with E-state index in [4.69, 9.17) is 4.98 Å². The second kappa shape index (κ2) is 14.8. The molecule has 1 aromatic carbocycles. The third-order valence-electron chi connectivity index (χ3n) is 8.07. The van der Waals surface area contributed by atoms with Crippen LogP contribution in [0.1, 0.15) is 84.2 Å². The van der Waals surface area contributed by atoms with Crippen LogP contribution in [-0.2, 0) is 27.2 Å². The van der Waals surface area contributed by atoms with Crippen molar-refractivity contribution in [2.75, 3.05) is 6.54 Å². The van der Waals surface area contributed by atoms with Gasteiger partial charge in [-0.2, -0.15) is 8.78 Å². The summed E-state index contributed by atoms with van der Waals surface area (Å²) in [5, 5.41) is 13.3. The minimum atomic E-state index is -4.27. The molecule has 2 N–H and O–H groups in total. The molecule has 0 unspecified atom stereocenters. The molecule has 11 heteroatoms. The molecule has 9 nitrogen and oxygen atoms in total. The zero-order valence-corrected chi connectivity index (χ0v) is 26.1. The molecule has 0 radical (unpaired) electrons. The Balaban J connectivity index is 1.57. The molecule has 4 rings (SSSR count). The highest BCUT2D eigenvalue weighted by molar-refractivity contribution is 6.10. The molecular weight excluding hydrogens is 566 g/mol. The van der Waals surface area contributed by atoms with E-state index in [0.29, 0.717) is 30.0 Å². The molecule has 1 aliphatic rings. The standard InChI is InChI=1S/C33H44F2N6O3/c1-21(2)15-16-36-32(44)33(34,35)30(43)25(18-23-11-7-5-8-12-23)38-29(42)19-28-39-40-31-26(17-22(3)4)37-27(20-41(28)31)24-13-9-6-10-14-24/h6,9-10,13-14,20-23,25H,5,7-8,11-12,15-19H2,1-4H3,(H,36,44)(H,38,42)/t25-/m0/s1. The molecule has 1 fully saturated rings. The summed E-state index contributed by atoms with van der Waals surface area (Å²) in [6.07, 6.45) is 7.17. The first-order valence-corrected chi connectivity index (χ1v) is 15.7. The quantitative estimate of drug-likeness (QED) is 0.238. The Hall–Kier alpha value is -3.76. The van der Waals surface area contributed by atoms with Crippen molar-refractivity contribution in [1.82, 2.24) is 30.2 Å². The number of ketones is 1. The van der Waals surface area contributed by atoms with Crippen LogP contribution in [0.5, 0.6) is 0 Å². The minimum absolute atomic E-state index is 0.00446. The summed E-state index contributed by atoms with van der Waals surface area (Å²) < 4.78 is 32.1. The van der Waals surface area contributed by atoms with Crippen LogP contribution in [0.15, 0.2) is 36.5 Å². The van der Waals surface area contributed by atoms with Gasteiger partial charge in [0.2, 0.25) is 11.7 Å². The van der Waals surface area contributed by atoms with Gasteiger partial charge in [-0.25, -0.2) is 4.98 Å². The number of alkyl halides is 2. The van der Waals surface area contributed by atoms with Crippen molar-refractivity contribution < 1.29 is 23.2 Å². The lowest BCUT2D eigenvalue weighted by Crippen LogP contribution is -2.55. The van der Waals surface area contributed by atoms with E-state index in [1.54, 1.807) is 10.6 Å². The fourth-order valence-electron chi connectivity index (χ4n) is 5.69. The summed E-state index contributed by atoms with van der Waals surface area (Å²) in [5.41, 5.74) is 2.81. The second-order valence-electron chi connectivity index (χ2n) is 12.8. The largest absolute Gasteiger partial charge is 0.383 e. The van der Waals surface area contributed by atoms with Crippen molar-refractivity contribution in [3.05, 3.63) is 48.0 Å². The van der Waals surface area contributed by atoms with Crippen LogP contribution in [0.4, 0.5) is 8.78 Å². The Morgan fingerprint density at radius 3 is 2.36 bits per heavy atom. The Bertz CT molecular complexity index is 1430. The number of rotatable bonds is 14. The second-order valence-corrected chi connectivity index (χ2v) is 12.8. The van der Waals surface area contributed by atoms with Gasteiger partial charge in [-0.05, 0) is 37.0 Å². The zero-order valence-electron chi connectivity index (χ0n) is 26.1. The molecule has 0 saturated heterocycles. The number of halogens is 2. The van der Waals surface area contributed by atoms with E-state index in [0.717, 1.165) is 43.4 Å². The van der Waals surface area contributed by atoms with E-state index < -0.39 is 29.6 Å². The number of hydrogen-bond donors (Lipinski definition) is 2. The molecule has 2 aromatic heterocycles. The third-order valence-corrected chi connectivity index (χ3v) is 8.07. The van der Waals surface area contributed by atoms with Crippen LogP contribution in [0.25, 0.3) is 16.9 Å². The molecule has 1 aliphatic carbocycles. The van der Waals surface area contributed by atoms with E-state index in [1.807, 2.05) is 44.2 Å². The summed E-state index contributed by atoms with van der Waals surface area (Å²) in [7, 11) is 0. The first-order chi connectivity index (χ1) is 21.0. The lowest BCUT2D eigenvalue weighted by atomic mass is 9.83. The van der Waals surface area contributed by atoms with Crippen LogP contribution in [-0.4, -0.2) is 55.7 Å². The molecule has 3 aromatic rings. The van der Waals surface area contributed by atoms with Gasteiger partial charge in [-0.3, -0.25) is 18.8 Å². The Labute approximate surface area is 257 Å². The first-order valence-electron chi connectivity index (χ1n) is 15.7. The number of carbonyl (C=O) groups is 3. The molecule has 1 atom stereocenters. The van der Waals surface area contributed by atoms with Gasteiger partial charge >= 0.3 is 5.92 Å². The van der Waals surface area contributed by atoms with Gasteiger partial charge in [0.15, 0.2) is 5.65 Å². The molecule has 0 bridgehead atoms. The maximum Gasteiger partial charge on any atom is 0.383 e. The Morgan fingerprint density at radius 2 is 1.70 bits per heavy atom. The van der Waals surface area contributed by atoms with Crippen molar-refractivity contribution in [1.29, 1.82) is 0 Å². The lowest BCUT2D eigenvalue weighted by Gasteiger charge is -2.28. The number of fused-ring (bicyclic) bond motifs is 1. The first kappa shape index (κ1) is 33.1. The van der Waals surface area contributed by atoms with Gasteiger partial charge in [-0.1, -0.05) is 90.1 Å². The normalized spacial score (nSPS) is 15.1. The monoisotopic (exact) mass is 610 g/mol. The number of hydrogen-bond acceptors (Lipinski definition) is 6. The minimum Gasteiger partial charge on any atom is -0.350 e. The molecule has 0 aliphatic heterocycles. The number of carbonyl (C=O) groups excluding carboxylic acids is 3. The van der Waals surface area contributed by atoms with Gasteiger partial charge in [0.05, 0.1) is 23.9 Å². The van der Waals surface area contributed by atoms with Crippen LogP contribution < -0.4 is 10.6 Å². The third kappa shape index (κ3) is 8.45. The number of aromatic nitrogens is 4. The zero-order chi connectivity index (χ0) is 31.9. The fraction of sp³-hybridized carbons (Fsp3) is 0.576. The molecule has 44 heavy (non-hydrogen) atoms. The number of nitrogens with zero attached hydrogens (tertiary/aromatic N) is 4. The number of benzene rings is 1. The molecule has 2 amide bonds. The summed E-state index contributed by atoms with van der Waals surface area (Å²) in [6, 6.07) is 8.10. The molecule has 1 saturated carbocycles. The predicted molar refractivity (Wildman–Crippen MR) is 164 cm³/mol. The number of amides is 2. The average Bonchev–Trinajstić information content (AvgIpc) is 3.39. The lowest BCUT2D eigenvalue weighted by molar-refractivity contribution is -0.160. The Kier molecular flexibility index (Phi) is 11.2. The van der Waals surface area contributed by atoms with E-state index >= 15 is 8.78 Å². The topological polar surface area (TPSA) is 118 Å². The highest BCUT2D eigenvalue weighted by Gasteiger charge is 2.50. The van der Waals surface area contributed by atoms with Crippen molar-refractivity contribution in [2.24, 2.45) is 17.8 Å². The van der Waals surface area contributed by atoms with Gasteiger partial charge in [-0.15, -0.1) is 10.2 Å². The molecule has 0 spiro atoms. The predicted octanol–water partition coefficient (Wildman–Crippen LogP) is 5.35. The van der Waals surface area contributed by atoms with Crippen molar-refractivity contribution >= 4 is 23.2 Å². The smallest absolute Gasteiger partial charge is 0.350 e. The van der Waals surface area contributed by atoms with Gasteiger partial charge in [0, 0.05) is 18.3 Å². The van der Waals surface area contributed by atoms with Crippen LogP contribution in [0.2, 0.25) is 0 Å². The molecule has 238 valence electrons. The van der Waals surface area contributed by atoms with E-state index in [1.165, 1.54) is 0 Å². The van der Waals surface area contributed by atoms with Crippen molar-refractivity contribution in [3.8, 4) is 11.3 Å². The molecule has 2 heterocycles. The fourth-order valence-corrected chi connectivity index (χ4v) is 5.69. The Morgan fingerprint density at radius 1 is 1.00 bits per heavy atom. The maximum absolute atomic E-state index is 15.2. The SMILES string of the molecule is CC(C)CCNC(=O)C(F)(F)C(=O)[C@H](CC1CCCCC1)NC(=O)Cc1nnc2c(CC(C)C)nc(-c3ccccc3)cn12. The van der Waals surface area contributed by atoms with E-state index in [-0.39, 0.29) is 37.1 Å². The number of nitrogens with one attached hydrogen (secondary N) is 2. The number of Topliss-reactive ketones (excluding diaryl/α,β-unsaturated/α-hetero) is 1. The highest BCUT2D eigenvalue weighted by atomic mass is 19.3.